The molecule has 4 aromatic rings. The number of nitrogens with two attached hydrogens (primary N) is 1. The van der Waals surface area contributed by atoms with Crippen molar-refractivity contribution in [2.75, 3.05) is 104 Å². The van der Waals surface area contributed by atoms with Crippen molar-refractivity contribution in [1.82, 2.24) is 58.6 Å². The van der Waals surface area contributed by atoms with Crippen molar-refractivity contribution < 1.29 is 75.2 Å². The van der Waals surface area contributed by atoms with Crippen molar-refractivity contribution in [2.45, 2.75) is 87.9 Å². The second kappa shape index (κ2) is 30.4. The number of anilines is 2. The van der Waals surface area contributed by atoms with Crippen LogP contribution in [0.3, 0.4) is 0 Å². The lowest BCUT2D eigenvalue weighted by molar-refractivity contribution is -0.138. The monoisotopic (exact) mass is 1230 g/mol. The fraction of sp³-hybridized carbons (Fsp3) is 0.609. The van der Waals surface area contributed by atoms with Crippen LogP contribution in [-0.4, -0.2) is 210 Å². The van der Waals surface area contributed by atoms with Gasteiger partial charge in [-0.05, 0) is 33.1 Å². The maximum absolute atomic E-state index is 13.2. The van der Waals surface area contributed by atoms with E-state index in [1.165, 1.54) is 65.1 Å². The molecule has 7 atom stereocenters. The predicted octanol–water partition coefficient (Wildman–Crippen LogP) is 3.98. The molecule has 2 fully saturated rings. The summed E-state index contributed by atoms with van der Waals surface area (Å²) < 4.78 is 72.7. The van der Waals surface area contributed by atoms with Crippen LogP contribution in [0.1, 0.15) is 64.8 Å². The Morgan fingerprint density at radius 2 is 1.49 bits per heavy atom. The third-order valence-corrected chi connectivity index (χ3v) is 17.7. The van der Waals surface area contributed by atoms with Crippen molar-refractivity contribution in [3.05, 3.63) is 42.4 Å². The number of hydrogen-bond acceptors (Lipinski definition) is 26. The number of likely N-dealkylation sites (N-methyl/N-ethyl adjacent to an activating group) is 3. The van der Waals surface area contributed by atoms with Gasteiger partial charge in [0.2, 0.25) is 11.8 Å². The molecule has 7 rings (SSSR count). The van der Waals surface area contributed by atoms with Crippen LogP contribution in [0.5, 0.6) is 0 Å². The zero-order chi connectivity index (χ0) is 58.9. The van der Waals surface area contributed by atoms with Gasteiger partial charge in [-0.25, -0.2) is 39.5 Å². The van der Waals surface area contributed by atoms with E-state index >= 15 is 0 Å². The van der Waals surface area contributed by atoms with E-state index in [1.807, 2.05) is 13.8 Å². The van der Waals surface area contributed by atoms with Crippen LogP contribution in [0.25, 0.3) is 22.3 Å². The molecule has 32 nitrogen and oxygen atoms in total. The molecule has 4 aromatic heterocycles. The molecule has 3 N–H and O–H groups in total. The Balaban J connectivity index is 0.740. The van der Waals surface area contributed by atoms with Gasteiger partial charge in [-0.1, -0.05) is 21.6 Å². The van der Waals surface area contributed by atoms with Crippen molar-refractivity contribution in [3.63, 3.8) is 0 Å². The highest BCUT2D eigenvalue weighted by Gasteiger charge is 2.40. The minimum Gasteiger partial charge on any atom is -0.449 e. The first-order valence-corrected chi connectivity index (χ1v) is 30.6. The van der Waals surface area contributed by atoms with Gasteiger partial charge in [0.25, 0.3) is 11.8 Å². The molecule has 0 aromatic carbocycles. The molecule has 448 valence electrons. The van der Waals surface area contributed by atoms with Gasteiger partial charge in [0.1, 0.15) is 49.9 Å². The second-order valence-corrected chi connectivity index (χ2v) is 24.4. The van der Waals surface area contributed by atoms with Gasteiger partial charge >= 0.3 is 28.6 Å². The van der Waals surface area contributed by atoms with Gasteiger partial charge in [-0.2, -0.15) is 0 Å². The first-order valence-electron chi connectivity index (χ1n) is 25.8. The molecular weight excluding hydrogens is 1160 g/mol. The Kier molecular flexibility index (Phi) is 23.5. The quantitative estimate of drug-likeness (QED) is 0.0229. The fourth-order valence-corrected chi connectivity index (χ4v) is 12.0. The number of aromatic nitrogens is 8. The summed E-state index contributed by atoms with van der Waals surface area (Å²) in [4.78, 5) is 118. The molecule has 3 aliphatic rings. The fourth-order valence-electron chi connectivity index (χ4n) is 8.32. The molecule has 6 amide bonds. The topological polar surface area (TPSA) is 378 Å². The number of carbonyl (C=O) groups is 6. The van der Waals surface area contributed by atoms with Gasteiger partial charge in [-0.3, -0.25) is 47.7 Å². The minimum atomic E-state index is -3.23. The van der Waals surface area contributed by atoms with E-state index < -0.39 is 59.4 Å². The lowest BCUT2D eigenvalue weighted by atomic mass is 10.1. The zero-order valence-electron chi connectivity index (χ0n) is 45.5. The van der Waals surface area contributed by atoms with E-state index in [9.17, 15) is 42.8 Å². The van der Waals surface area contributed by atoms with Crippen LogP contribution in [0, 0.1) is 4.91 Å². The summed E-state index contributed by atoms with van der Waals surface area (Å²) in [5.41, 5.74) is 7.25. The molecule has 2 saturated heterocycles. The van der Waals surface area contributed by atoms with Gasteiger partial charge in [0.05, 0.1) is 70.8 Å². The maximum Gasteiger partial charge on any atom is 0.412 e. The van der Waals surface area contributed by atoms with Crippen molar-refractivity contribution in [1.29, 1.82) is 0 Å². The smallest absolute Gasteiger partial charge is 0.412 e. The summed E-state index contributed by atoms with van der Waals surface area (Å²) in [6, 6.07) is 0. The number of rotatable bonds is 32. The number of nitrogens with one attached hydrogen (secondary N) is 1. The molecule has 82 heavy (non-hydrogen) atoms. The van der Waals surface area contributed by atoms with Gasteiger partial charge in [0.15, 0.2) is 28.4 Å². The SMILES string of the molecule is CN(CCN(C)C(=O)CCC(C)(C)SSCCOC(=O)N(C)CCOC(=O)Nc1ncnc2c1ncn2[C@H]1CC[C@@H](CO[PH](=O)O[C@H]2C[C@H](n3cnc4c(N)ncnc43)O[C@@H]2CO[PH](=O)N=O)O1)C(=O)CCOCCN1C(=O)C=CC1=O. The first-order chi connectivity index (χ1) is 39.3. The number of imide groups is 1. The number of fused-ring (bicyclic) bond motifs is 2. The number of hydrogen-bond donors (Lipinski definition) is 2. The van der Waals surface area contributed by atoms with Gasteiger partial charge in [-0.15, -0.1) is 4.91 Å². The van der Waals surface area contributed by atoms with Crippen LogP contribution in [0.4, 0.5) is 21.2 Å². The van der Waals surface area contributed by atoms with Crippen molar-refractivity contribution >= 4 is 108 Å². The Hall–Kier alpha value is -6.22. The van der Waals surface area contributed by atoms with Crippen LogP contribution in [0.15, 0.2) is 42.4 Å². The molecule has 0 bridgehead atoms. The van der Waals surface area contributed by atoms with Crippen LogP contribution >= 0.6 is 38.0 Å². The number of imidazole rings is 2. The largest absolute Gasteiger partial charge is 0.449 e. The van der Waals surface area contributed by atoms with E-state index in [4.69, 9.17) is 43.0 Å². The standard InChI is InChI=1S/C46H65N15O17P2S2/c1-46(2,12-10-32(62)56(3)13-14-57(4)33(63)11-17-71-18-16-59-34(64)7-8-35(59)65)82-81-21-20-73-45(67)58(5)15-19-72-44(66)54-41-39-43(51-26-49-41)60(28-53-39)36-9-6-29(76-36)23-75-80(70)78-30-22-37(77-31(30)24-74-79(69)55-68)61-27-52-38-40(47)48-25-50-42(38)61/h7-8,25-31,36-37,79-80H,6,9-24H2,1-5H3,(H2,47,48,50)(H,49,51,54,66)/t29-,30-,31+,36+,37+/m0/s1. The van der Waals surface area contributed by atoms with E-state index in [2.05, 4.69) is 40.2 Å². The highest BCUT2D eigenvalue weighted by Crippen LogP contribution is 2.42. The number of carbonyl (C=O) groups excluding carboxylic acids is 6. The highest BCUT2D eigenvalue weighted by atomic mass is 33.1. The number of nitroso groups, excluding NO2 is 1. The van der Waals surface area contributed by atoms with Crippen molar-refractivity contribution in [2.24, 2.45) is 4.95 Å². The van der Waals surface area contributed by atoms with Crippen LogP contribution in [-0.2, 0) is 65.6 Å². The molecule has 7 heterocycles. The van der Waals surface area contributed by atoms with E-state index in [1.54, 1.807) is 38.9 Å². The van der Waals surface area contributed by atoms with Gasteiger partial charge in [0, 0.05) is 74.7 Å². The predicted molar refractivity (Wildman–Crippen MR) is 296 cm³/mol. The maximum atomic E-state index is 13.2. The average Bonchev–Trinajstić information content (AvgIpc) is 4.14. The summed E-state index contributed by atoms with van der Waals surface area (Å²) >= 11 is 0. The van der Waals surface area contributed by atoms with Crippen LogP contribution < -0.4 is 11.1 Å². The highest BCUT2D eigenvalue weighted by molar-refractivity contribution is 8.77. The summed E-state index contributed by atoms with van der Waals surface area (Å²) in [7, 11) is 1.54. The molecular formula is C46H65N15O17P2S2. The molecule has 0 saturated carbocycles. The Morgan fingerprint density at radius 1 is 0.805 bits per heavy atom. The molecule has 3 aliphatic heterocycles. The van der Waals surface area contributed by atoms with E-state index in [0.717, 1.165) is 4.90 Å². The lowest BCUT2D eigenvalue weighted by Gasteiger charge is -2.26. The number of ether oxygens (including phenoxy) is 5. The lowest BCUT2D eigenvalue weighted by Crippen LogP contribution is -2.38. The molecule has 0 aliphatic carbocycles. The Morgan fingerprint density at radius 3 is 2.22 bits per heavy atom. The van der Waals surface area contributed by atoms with E-state index in [-0.39, 0.29) is 111 Å². The second-order valence-electron chi connectivity index (χ2n) is 19.3. The summed E-state index contributed by atoms with van der Waals surface area (Å²) in [6.45, 7) is 4.65. The average molecular weight is 1230 g/mol. The van der Waals surface area contributed by atoms with Gasteiger partial charge < -0.3 is 57.7 Å². The number of amides is 6. The summed E-state index contributed by atoms with van der Waals surface area (Å²) in [5, 5.41) is 2.56. The van der Waals surface area contributed by atoms with Crippen LogP contribution in [0.2, 0.25) is 0 Å². The molecule has 36 heteroatoms. The third-order valence-electron chi connectivity index (χ3n) is 13.0. The third kappa shape index (κ3) is 17.9. The minimum absolute atomic E-state index is 0.0304. The molecule has 0 spiro atoms. The summed E-state index contributed by atoms with van der Waals surface area (Å²) in [6.07, 6.45) is 4.94. The Bertz CT molecular complexity index is 2980. The number of nitrogen functional groups attached to an aromatic ring is 1. The Labute approximate surface area is 478 Å². The van der Waals surface area contributed by atoms with Crippen molar-refractivity contribution in [3.8, 4) is 0 Å². The first kappa shape index (κ1) is 63.4. The molecule has 0 radical (unpaired) electrons. The summed E-state index contributed by atoms with van der Waals surface area (Å²) in [5.74, 6) is -0.276. The zero-order valence-corrected chi connectivity index (χ0v) is 49.2. The normalized spacial score (nSPS) is 19.7. The van der Waals surface area contributed by atoms with E-state index in [0.29, 0.717) is 61.3 Å². The number of nitrogens with zero attached hydrogens (tertiary/aromatic N) is 13. The molecule has 2 unspecified atom stereocenters.